The third-order valence-electron chi connectivity index (χ3n) is 3.05. The molecule has 2 amide bonds. The van der Waals surface area contributed by atoms with Gasteiger partial charge in [0.2, 0.25) is 11.8 Å². The first-order valence-corrected chi connectivity index (χ1v) is 8.05. The lowest BCUT2D eigenvalue weighted by Crippen LogP contribution is -2.43. The summed E-state index contributed by atoms with van der Waals surface area (Å²) in [5.41, 5.74) is 0. The van der Waals surface area contributed by atoms with Crippen LogP contribution >= 0.6 is 11.8 Å². The fourth-order valence-electron chi connectivity index (χ4n) is 2.04. The van der Waals surface area contributed by atoms with Crippen molar-refractivity contribution >= 4 is 23.6 Å². The SMILES string of the molecule is CC(C)(C)SCC(=O)NCC(=O)NC1CCCCC1. The maximum atomic E-state index is 11.7. The van der Waals surface area contributed by atoms with Gasteiger partial charge in [0.25, 0.3) is 0 Å². The van der Waals surface area contributed by atoms with E-state index in [0.29, 0.717) is 11.8 Å². The van der Waals surface area contributed by atoms with E-state index in [9.17, 15) is 9.59 Å². The Balaban J connectivity index is 2.13. The van der Waals surface area contributed by atoms with E-state index in [0.717, 1.165) is 12.8 Å². The summed E-state index contributed by atoms with van der Waals surface area (Å²) in [5.74, 6) is 0.264. The summed E-state index contributed by atoms with van der Waals surface area (Å²) in [6, 6.07) is 0.308. The highest BCUT2D eigenvalue weighted by Crippen LogP contribution is 2.22. The van der Waals surface area contributed by atoms with Crippen LogP contribution in [-0.4, -0.2) is 34.9 Å². The fourth-order valence-corrected chi connectivity index (χ4v) is 2.70. The lowest BCUT2D eigenvalue weighted by molar-refractivity contribution is -0.125. The Morgan fingerprint density at radius 3 is 2.32 bits per heavy atom. The number of hydrogen-bond acceptors (Lipinski definition) is 3. The molecule has 0 aromatic carbocycles. The van der Waals surface area contributed by atoms with E-state index in [4.69, 9.17) is 0 Å². The highest BCUT2D eigenvalue weighted by Gasteiger charge is 2.17. The molecule has 19 heavy (non-hydrogen) atoms. The topological polar surface area (TPSA) is 58.2 Å². The standard InChI is InChI=1S/C14H26N2O2S/c1-14(2,3)19-10-13(18)15-9-12(17)16-11-7-5-4-6-8-11/h11H,4-10H2,1-3H3,(H,15,18)(H,16,17). The molecule has 1 fully saturated rings. The van der Waals surface area contributed by atoms with E-state index < -0.39 is 0 Å². The van der Waals surface area contributed by atoms with E-state index in [1.807, 2.05) is 0 Å². The van der Waals surface area contributed by atoms with Crippen molar-refractivity contribution in [3.63, 3.8) is 0 Å². The predicted octanol–water partition coefficient (Wildman–Crippen LogP) is 2.08. The molecule has 0 atom stereocenters. The van der Waals surface area contributed by atoms with E-state index in [-0.39, 0.29) is 23.1 Å². The number of nitrogens with one attached hydrogen (secondary N) is 2. The number of thioether (sulfide) groups is 1. The molecular formula is C14H26N2O2S. The van der Waals surface area contributed by atoms with Crippen LogP contribution in [0, 0.1) is 0 Å². The van der Waals surface area contributed by atoms with Crippen LogP contribution in [0.5, 0.6) is 0 Å². The minimum Gasteiger partial charge on any atom is -0.352 e. The lowest BCUT2D eigenvalue weighted by atomic mass is 9.95. The van der Waals surface area contributed by atoms with Gasteiger partial charge in [0.15, 0.2) is 0 Å². The number of carbonyl (C=O) groups excluding carboxylic acids is 2. The zero-order chi connectivity index (χ0) is 14.3. The van der Waals surface area contributed by atoms with Crippen molar-refractivity contribution in [2.45, 2.75) is 63.7 Å². The number of carbonyl (C=O) groups is 2. The quantitative estimate of drug-likeness (QED) is 0.813. The molecule has 0 heterocycles. The monoisotopic (exact) mass is 286 g/mol. The molecule has 0 aromatic heterocycles. The molecule has 2 N–H and O–H groups in total. The van der Waals surface area contributed by atoms with Gasteiger partial charge in [-0.3, -0.25) is 9.59 Å². The summed E-state index contributed by atoms with van der Waals surface area (Å²) in [4.78, 5) is 23.3. The highest BCUT2D eigenvalue weighted by molar-refractivity contribution is 8.01. The summed E-state index contributed by atoms with van der Waals surface area (Å²) in [7, 11) is 0. The van der Waals surface area contributed by atoms with Gasteiger partial charge >= 0.3 is 0 Å². The first-order chi connectivity index (χ1) is 8.87. The van der Waals surface area contributed by atoms with Crippen molar-refractivity contribution in [2.75, 3.05) is 12.3 Å². The van der Waals surface area contributed by atoms with Crippen molar-refractivity contribution in [1.29, 1.82) is 0 Å². The van der Waals surface area contributed by atoms with Crippen molar-refractivity contribution in [3.8, 4) is 0 Å². The average Bonchev–Trinajstić information content (AvgIpc) is 2.34. The molecular weight excluding hydrogens is 260 g/mol. The van der Waals surface area contributed by atoms with Gasteiger partial charge in [-0.1, -0.05) is 40.0 Å². The molecule has 1 saturated carbocycles. The van der Waals surface area contributed by atoms with Gasteiger partial charge in [-0.15, -0.1) is 11.8 Å². The van der Waals surface area contributed by atoms with E-state index in [1.54, 1.807) is 11.8 Å². The Kier molecular flexibility index (Phi) is 6.69. The Bertz CT molecular complexity index is 307. The molecule has 0 aromatic rings. The van der Waals surface area contributed by atoms with Gasteiger partial charge in [-0.05, 0) is 12.8 Å². The van der Waals surface area contributed by atoms with Crippen molar-refractivity contribution in [2.24, 2.45) is 0 Å². The molecule has 0 aliphatic heterocycles. The van der Waals surface area contributed by atoms with Crippen molar-refractivity contribution in [1.82, 2.24) is 10.6 Å². The normalized spacial score (nSPS) is 17.0. The van der Waals surface area contributed by atoms with Crippen molar-refractivity contribution < 1.29 is 9.59 Å². The Hall–Kier alpha value is -0.710. The second-order valence-corrected chi connectivity index (χ2v) is 7.88. The zero-order valence-electron chi connectivity index (χ0n) is 12.3. The van der Waals surface area contributed by atoms with E-state index in [1.165, 1.54) is 19.3 Å². The maximum absolute atomic E-state index is 11.7. The van der Waals surface area contributed by atoms with Crippen LogP contribution in [0.15, 0.2) is 0 Å². The van der Waals surface area contributed by atoms with Crippen molar-refractivity contribution in [3.05, 3.63) is 0 Å². The second-order valence-electron chi connectivity index (χ2n) is 6.08. The van der Waals surface area contributed by atoms with Gasteiger partial charge in [0, 0.05) is 10.8 Å². The van der Waals surface area contributed by atoms with E-state index in [2.05, 4.69) is 31.4 Å². The first-order valence-electron chi connectivity index (χ1n) is 7.07. The molecule has 0 radical (unpaired) electrons. The largest absolute Gasteiger partial charge is 0.352 e. The Morgan fingerprint density at radius 2 is 1.74 bits per heavy atom. The summed E-state index contributed by atoms with van der Waals surface area (Å²) < 4.78 is 0.0711. The summed E-state index contributed by atoms with van der Waals surface area (Å²) in [6.45, 7) is 6.31. The van der Waals surface area contributed by atoms with Gasteiger partial charge in [0.05, 0.1) is 12.3 Å². The van der Waals surface area contributed by atoms with Crippen LogP contribution in [0.1, 0.15) is 52.9 Å². The highest BCUT2D eigenvalue weighted by atomic mass is 32.2. The Labute approximate surface area is 120 Å². The summed E-state index contributed by atoms with van der Waals surface area (Å²) in [5, 5.41) is 5.66. The average molecular weight is 286 g/mol. The molecule has 1 rings (SSSR count). The van der Waals surface area contributed by atoms with Crippen LogP contribution in [0.4, 0.5) is 0 Å². The number of rotatable bonds is 5. The molecule has 0 saturated heterocycles. The van der Waals surface area contributed by atoms with Gasteiger partial charge < -0.3 is 10.6 Å². The molecule has 5 heteroatoms. The molecule has 1 aliphatic carbocycles. The molecule has 0 unspecified atom stereocenters. The maximum Gasteiger partial charge on any atom is 0.239 e. The summed E-state index contributed by atoms with van der Waals surface area (Å²) >= 11 is 1.59. The molecule has 0 bridgehead atoms. The van der Waals surface area contributed by atoms with Crippen LogP contribution in [0.25, 0.3) is 0 Å². The van der Waals surface area contributed by atoms with Gasteiger partial charge in [-0.25, -0.2) is 0 Å². The minimum atomic E-state index is -0.0706. The lowest BCUT2D eigenvalue weighted by Gasteiger charge is -2.22. The van der Waals surface area contributed by atoms with Crippen LogP contribution in [0.3, 0.4) is 0 Å². The molecule has 110 valence electrons. The molecule has 1 aliphatic rings. The predicted molar refractivity (Wildman–Crippen MR) is 80.2 cm³/mol. The van der Waals surface area contributed by atoms with Gasteiger partial charge in [-0.2, -0.15) is 0 Å². The van der Waals surface area contributed by atoms with Crippen LogP contribution in [0.2, 0.25) is 0 Å². The number of amides is 2. The van der Waals surface area contributed by atoms with E-state index >= 15 is 0 Å². The second kappa shape index (κ2) is 7.78. The minimum absolute atomic E-state index is 0.0685. The van der Waals surface area contributed by atoms with Crippen LogP contribution in [-0.2, 0) is 9.59 Å². The number of hydrogen-bond donors (Lipinski definition) is 2. The van der Waals surface area contributed by atoms with Crippen LogP contribution < -0.4 is 10.6 Å². The molecule has 0 spiro atoms. The third kappa shape index (κ3) is 8.14. The fraction of sp³-hybridized carbons (Fsp3) is 0.857. The summed E-state index contributed by atoms with van der Waals surface area (Å²) in [6.07, 6.45) is 5.80. The molecule has 4 nitrogen and oxygen atoms in total. The smallest absolute Gasteiger partial charge is 0.239 e. The third-order valence-corrected chi connectivity index (χ3v) is 4.33. The first kappa shape index (κ1) is 16.3. The van der Waals surface area contributed by atoms with Gasteiger partial charge in [0.1, 0.15) is 0 Å². The zero-order valence-corrected chi connectivity index (χ0v) is 13.1. The Morgan fingerprint density at radius 1 is 1.11 bits per heavy atom.